The zero-order chi connectivity index (χ0) is 13.7. The molecule has 1 atom stereocenters. The molecule has 0 aromatic heterocycles. The van der Waals surface area contributed by atoms with E-state index < -0.39 is 0 Å². The van der Waals surface area contributed by atoms with Gasteiger partial charge in [-0.15, -0.1) is 0 Å². The Bertz CT molecular complexity index is 338. The summed E-state index contributed by atoms with van der Waals surface area (Å²) >= 11 is 0. The van der Waals surface area contributed by atoms with Crippen molar-refractivity contribution >= 4 is 0 Å². The molecule has 0 fully saturated rings. The molecule has 0 spiro atoms. The number of nitrogens with two attached hydrogens (primary N) is 1. The van der Waals surface area contributed by atoms with Crippen LogP contribution in [0.1, 0.15) is 33.3 Å². The number of aromatic hydroxyl groups is 1. The van der Waals surface area contributed by atoms with E-state index in [2.05, 4.69) is 32.6 Å². The minimum Gasteiger partial charge on any atom is -0.508 e. The van der Waals surface area contributed by atoms with Crippen LogP contribution in [0.4, 0.5) is 0 Å². The van der Waals surface area contributed by atoms with Crippen LogP contribution in [-0.2, 0) is 6.42 Å². The normalized spacial score (nSPS) is 13.6. The minimum atomic E-state index is 0.124. The molecule has 3 N–H and O–H groups in total. The Labute approximate surface area is 111 Å². The molecule has 0 saturated carbocycles. The molecule has 102 valence electrons. The van der Waals surface area contributed by atoms with Crippen LogP contribution >= 0.6 is 0 Å². The maximum atomic E-state index is 9.24. The van der Waals surface area contributed by atoms with Gasteiger partial charge in [0.1, 0.15) is 5.75 Å². The molecule has 1 aromatic carbocycles. The van der Waals surface area contributed by atoms with Gasteiger partial charge in [-0.3, -0.25) is 4.90 Å². The lowest BCUT2D eigenvalue weighted by Gasteiger charge is -2.32. The molecule has 0 amide bonds. The van der Waals surface area contributed by atoms with Gasteiger partial charge in [0.05, 0.1) is 0 Å². The summed E-state index contributed by atoms with van der Waals surface area (Å²) in [6.07, 6.45) is 0.843. The first-order valence-corrected chi connectivity index (χ1v) is 6.69. The number of rotatable bonds is 6. The second-order valence-electron chi connectivity index (χ2n) is 5.51. The van der Waals surface area contributed by atoms with Crippen molar-refractivity contribution in [2.45, 2.75) is 52.2 Å². The van der Waals surface area contributed by atoms with E-state index in [0.29, 0.717) is 17.8 Å². The largest absolute Gasteiger partial charge is 0.508 e. The quantitative estimate of drug-likeness (QED) is 0.815. The van der Waals surface area contributed by atoms with Crippen LogP contribution in [0.5, 0.6) is 5.75 Å². The average Bonchev–Trinajstić information content (AvgIpc) is 2.28. The van der Waals surface area contributed by atoms with Gasteiger partial charge in [0.25, 0.3) is 0 Å². The number of nitrogens with zero attached hydrogens (tertiary/aromatic N) is 1. The number of hydrogen-bond donors (Lipinski definition) is 2. The zero-order valence-electron chi connectivity index (χ0n) is 11.9. The van der Waals surface area contributed by atoms with E-state index in [4.69, 9.17) is 5.73 Å². The van der Waals surface area contributed by atoms with Gasteiger partial charge in [-0.2, -0.15) is 0 Å². The Balaban J connectivity index is 2.54. The Morgan fingerprint density at radius 3 is 2.00 bits per heavy atom. The summed E-state index contributed by atoms with van der Waals surface area (Å²) in [4.78, 5) is 2.41. The van der Waals surface area contributed by atoms with Crippen LogP contribution in [-0.4, -0.2) is 34.7 Å². The van der Waals surface area contributed by atoms with Crippen molar-refractivity contribution < 1.29 is 5.11 Å². The fourth-order valence-electron chi connectivity index (χ4n) is 2.29. The Morgan fingerprint density at radius 2 is 1.56 bits per heavy atom. The molecule has 0 saturated heterocycles. The lowest BCUT2D eigenvalue weighted by Crippen LogP contribution is -2.45. The molecule has 3 nitrogen and oxygen atoms in total. The van der Waals surface area contributed by atoms with E-state index in [1.54, 1.807) is 12.1 Å². The highest BCUT2D eigenvalue weighted by atomic mass is 16.3. The molecule has 18 heavy (non-hydrogen) atoms. The third-order valence-electron chi connectivity index (χ3n) is 3.21. The number of phenols is 1. The van der Waals surface area contributed by atoms with Crippen molar-refractivity contribution in [1.29, 1.82) is 0 Å². The van der Waals surface area contributed by atoms with Gasteiger partial charge in [-0.25, -0.2) is 0 Å². The van der Waals surface area contributed by atoms with Crippen molar-refractivity contribution in [2.24, 2.45) is 5.73 Å². The van der Waals surface area contributed by atoms with Gasteiger partial charge in [-0.05, 0) is 51.8 Å². The molecule has 1 aromatic rings. The van der Waals surface area contributed by atoms with E-state index >= 15 is 0 Å². The van der Waals surface area contributed by atoms with Crippen LogP contribution < -0.4 is 5.73 Å². The van der Waals surface area contributed by atoms with Crippen LogP contribution in [0.15, 0.2) is 24.3 Å². The Morgan fingerprint density at radius 1 is 1.06 bits per heavy atom. The Kier molecular flexibility index (Phi) is 5.63. The minimum absolute atomic E-state index is 0.124. The van der Waals surface area contributed by atoms with Crippen molar-refractivity contribution in [2.75, 3.05) is 6.54 Å². The second kappa shape index (κ2) is 6.76. The lowest BCUT2D eigenvalue weighted by molar-refractivity contribution is 0.164. The molecule has 0 radical (unpaired) electrons. The monoisotopic (exact) mass is 250 g/mol. The van der Waals surface area contributed by atoms with Gasteiger partial charge in [0.15, 0.2) is 0 Å². The van der Waals surface area contributed by atoms with Gasteiger partial charge in [-0.1, -0.05) is 12.1 Å². The van der Waals surface area contributed by atoms with Crippen LogP contribution in [0.25, 0.3) is 0 Å². The van der Waals surface area contributed by atoms with E-state index in [9.17, 15) is 5.11 Å². The van der Waals surface area contributed by atoms with Gasteiger partial charge < -0.3 is 10.8 Å². The van der Waals surface area contributed by atoms with Crippen LogP contribution in [0.3, 0.4) is 0 Å². The maximum Gasteiger partial charge on any atom is 0.115 e. The van der Waals surface area contributed by atoms with E-state index in [1.165, 1.54) is 5.56 Å². The third kappa shape index (κ3) is 4.67. The summed E-state index contributed by atoms with van der Waals surface area (Å²) in [5, 5.41) is 9.24. The first-order valence-electron chi connectivity index (χ1n) is 6.69. The third-order valence-corrected chi connectivity index (χ3v) is 3.21. The predicted molar refractivity (Wildman–Crippen MR) is 76.8 cm³/mol. The molecule has 3 heteroatoms. The molecular formula is C15H26N2O. The van der Waals surface area contributed by atoms with Crippen LogP contribution in [0.2, 0.25) is 0 Å². The Hall–Kier alpha value is -1.06. The smallest absolute Gasteiger partial charge is 0.115 e. The molecule has 1 rings (SSSR count). The van der Waals surface area contributed by atoms with Gasteiger partial charge >= 0.3 is 0 Å². The predicted octanol–water partition coefficient (Wildman–Crippen LogP) is 2.38. The molecule has 0 aliphatic carbocycles. The highest BCUT2D eigenvalue weighted by Crippen LogP contribution is 2.12. The summed E-state index contributed by atoms with van der Waals surface area (Å²) in [7, 11) is 0. The fraction of sp³-hybridized carbons (Fsp3) is 0.600. The number of benzene rings is 1. The molecule has 0 aliphatic heterocycles. The summed E-state index contributed by atoms with van der Waals surface area (Å²) in [6, 6.07) is 8.44. The molecule has 0 aliphatic rings. The summed E-state index contributed by atoms with van der Waals surface area (Å²) in [5.74, 6) is 0.304. The van der Waals surface area contributed by atoms with Crippen LogP contribution in [0, 0.1) is 0 Å². The standard InChI is InChI=1S/C15H26N2O/c1-11(2)17(12(3)4)10-14(16)9-13-5-7-15(18)8-6-13/h5-8,11-12,14,18H,9-10,16H2,1-4H3/t14-/m0/s1. The molecule has 0 unspecified atom stereocenters. The first kappa shape index (κ1) is 15.0. The van der Waals surface area contributed by atoms with Crippen molar-refractivity contribution in [3.05, 3.63) is 29.8 Å². The summed E-state index contributed by atoms with van der Waals surface area (Å²) in [6.45, 7) is 9.71. The zero-order valence-corrected chi connectivity index (χ0v) is 11.9. The SMILES string of the molecule is CC(C)N(C[C@@H](N)Cc1ccc(O)cc1)C(C)C. The molecule has 0 bridgehead atoms. The van der Waals surface area contributed by atoms with Crippen molar-refractivity contribution in [3.63, 3.8) is 0 Å². The maximum absolute atomic E-state index is 9.24. The number of phenolic OH excluding ortho intramolecular Hbond substituents is 1. The lowest BCUT2D eigenvalue weighted by atomic mass is 10.0. The molecular weight excluding hydrogens is 224 g/mol. The highest BCUT2D eigenvalue weighted by Gasteiger charge is 2.16. The topological polar surface area (TPSA) is 49.5 Å². The van der Waals surface area contributed by atoms with Crippen molar-refractivity contribution in [3.8, 4) is 5.75 Å². The van der Waals surface area contributed by atoms with E-state index in [-0.39, 0.29) is 6.04 Å². The average molecular weight is 250 g/mol. The molecule has 0 heterocycles. The van der Waals surface area contributed by atoms with E-state index in [1.807, 2.05) is 12.1 Å². The van der Waals surface area contributed by atoms with Crippen molar-refractivity contribution in [1.82, 2.24) is 4.90 Å². The van der Waals surface area contributed by atoms with Gasteiger partial charge in [0.2, 0.25) is 0 Å². The summed E-state index contributed by atoms with van der Waals surface area (Å²) in [5.41, 5.74) is 7.39. The summed E-state index contributed by atoms with van der Waals surface area (Å²) < 4.78 is 0. The number of hydrogen-bond acceptors (Lipinski definition) is 3. The second-order valence-corrected chi connectivity index (χ2v) is 5.51. The fourth-order valence-corrected chi connectivity index (χ4v) is 2.29. The first-order chi connectivity index (χ1) is 8.40. The van der Waals surface area contributed by atoms with Gasteiger partial charge in [0, 0.05) is 24.7 Å². The van der Waals surface area contributed by atoms with E-state index in [0.717, 1.165) is 13.0 Å². The highest BCUT2D eigenvalue weighted by molar-refractivity contribution is 5.26.